The maximum absolute atomic E-state index is 12.2. The summed E-state index contributed by atoms with van der Waals surface area (Å²) >= 11 is 5.81. The van der Waals surface area contributed by atoms with E-state index in [-0.39, 0.29) is 16.3 Å². The van der Waals surface area contributed by atoms with Crippen LogP contribution in [0, 0.1) is 6.92 Å². The maximum Gasteiger partial charge on any atom is 0.339 e. The highest BCUT2D eigenvalue weighted by Gasteiger charge is 2.18. The third kappa shape index (κ3) is 2.97. The van der Waals surface area contributed by atoms with E-state index >= 15 is 0 Å². The standard InChI is InChI=1S/C13H13ClN2O3S/c1-8-6-9(14)2-5-13(8)19-20(17,18)10-3-4-11(15)12(16)7-10/h2-7H,15-16H2,1H3. The lowest BCUT2D eigenvalue weighted by molar-refractivity contribution is 0.484. The molecular weight excluding hydrogens is 300 g/mol. The van der Waals surface area contributed by atoms with Crippen molar-refractivity contribution in [1.82, 2.24) is 0 Å². The summed E-state index contributed by atoms with van der Waals surface area (Å²) in [6.07, 6.45) is 0. The molecule has 4 N–H and O–H groups in total. The first-order valence-corrected chi connectivity index (χ1v) is 7.44. The normalized spacial score (nSPS) is 11.3. The fourth-order valence-corrected chi connectivity index (χ4v) is 2.83. The van der Waals surface area contributed by atoms with Gasteiger partial charge < -0.3 is 15.7 Å². The van der Waals surface area contributed by atoms with Gasteiger partial charge in [0.05, 0.1) is 11.4 Å². The highest BCUT2D eigenvalue weighted by Crippen LogP contribution is 2.27. The van der Waals surface area contributed by atoms with Crippen molar-refractivity contribution in [2.45, 2.75) is 11.8 Å². The van der Waals surface area contributed by atoms with Crippen molar-refractivity contribution in [3.63, 3.8) is 0 Å². The zero-order valence-corrected chi connectivity index (χ0v) is 12.2. The third-order valence-corrected chi connectivity index (χ3v) is 4.15. The molecule has 0 heterocycles. The predicted octanol–water partition coefficient (Wildman–Crippen LogP) is 2.58. The van der Waals surface area contributed by atoms with Crippen molar-refractivity contribution in [1.29, 1.82) is 0 Å². The monoisotopic (exact) mass is 312 g/mol. The highest BCUT2D eigenvalue weighted by molar-refractivity contribution is 7.87. The lowest BCUT2D eigenvalue weighted by atomic mass is 10.2. The molecule has 106 valence electrons. The van der Waals surface area contributed by atoms with Gasteiger partial charge in [-0.25, -0.2) is 0 Å². The Bertz CT molecular complexity index is 760. The fraction of sp³-hybridized carbons (Fsp3) is 0.0769. The van der Waals surface area contributed by atoms with Crippen molar-refractivity contribution in [3.8, 4) is 5.75 Å². The average molecular weight is 313 g/mol. The molecule has 2 rings (SSSR count). The zero-order valence-electron chi connectivity index (χ0n) is 10.6. The van der Waals surface area contributed by atoms with Crippen LogP contribution >= 0.6 is 11.6 Å². The van der Waals surface area contributed by atoms with Crippen molar-refractivity contribution in [2.75, 3.05) is 11.5 Å². The van der Waals surface area contributed by atoms with E-state index in [1.54, 1.807) is 19.1 Å². The number of hydrogen-bond donors (Lipinski definition) is 2. The van der Waals surface area contributed by atoms with Gasteiger partial charge in [-0.2, -0.15) is 8.42 Å². The summed E-state index contributed by atoms with van der Waals surface area (Å²) in [5.74, 6) is 0.213. The van der Waals surface area contributed by atoms with Crippen molar-refractivity contribution < 1.29 is 12.6 Å². The molecule has 0 fully saturated rings. The second-order valence-electron chi connectivity index (χ2n) is 4.24. The van der Waals surface area contributed by atoms with Gasteiger partial charge in [0.25, 0.3) is 0 Å². The molecule has 2 aromatic carbocycles. The molecule has 0 bridgehead atoms. The van der Waals surface area contributed by atoms with Gasteiger partial charge in [-0.1, -0.05) is 11.6 Å². The summed E-state index contributed by atoms with van der Waals surface area (Å²) < 4.78 is 29.4. The highest BCUT2D eigenvalue weighted by atomic mass is 35.5. The molecule has 0 amide bonds. The molecule has 5 nitrogen and oxygen atoms in total. The molecule has 0 radical (unpaired) electrons. The second kappa shape index (κ2) is 5.22. The van der Waals surface area contributed by atoms with E-state index < -0.39 is 10.1 Å². The minimum atomic E-state index is -3.97. The Balaban J connectivity index is 2.38. The number of benzene rings is 2. The SMILES string of the molecule is Cc1cc(Cl)ccc1OS(=O)(=O)c1ccc(N)c(N)c1. The van der Waals surface area contributed by atoms with Gasteiger partial charge in [0.2, 0.25) is 0 Å². The molecule has 0 aliphatic heterocycles. The number of rotatable bonds is 3. The quantitative estimate of drug-likeness (QED) is 0.671. The first-order valence-electron chi connectivity index (χ1n) is 5.65. The number of nitrogen functional groups attached to an aromatic ring is 2. The number of aryl methyl sites for hydroxylation is 1. The largest absolute Gasteiger partial charge is 0.397 e. The average Bonchev–Trinajstić information content (AvgIpc) is 2.36. The summed E-state index contributed by atoms with van der Waals surface area (Å²) in [6, 6.07) is 8.68. The van der Waals surface area contributed by atoms with Gasteiger partial charge in [0, 0.05) is 5.02 Å². The van der Waals surface area contributed by atoms with E-state index in [0.29, 0.717) is 16.3 Å². The van der Waals surface area contributed by atoms with E-state index in [4.69, 9.17) is 27.3 Å². The Morgan fingerprint density at radius 2 is 1.75 bits per heavy atom. The second-order valence-corrected chi connectivity index (χ2v) is 6.22. The topological polar surface area (TPSA) is 95.4 Å². The molecule has 0 spiro atoms. The molecule has 0 aliphatic rings. The van der Waals surface area contributed by atoms with Crippen LogP contribution in [0.15, 0.2) is 41.3 Å². The third-order valence-electron chi connectivity index (χ3n) is 2.68. The minimum absolute atomic E-state index is 0.0569. The summed E-state index contributed by atoms with van der Waals surface area (Å²) in [7, 11) is -3.97. The number of nitrogens with two attached hydrogens (primary N) is 2. The van der Waals surface area contributed by atoms with Crippen LogP contribution in [-0.4, -0.2) is 8.42 Å². The predicted molar refractivity (Wildman–Crippen MR) is 79.3 cm³/mol. The first kappa shape index (κ1) is 14.5. The summed E-state index contributed by atoms with van der Waals surface area (Å²) in [5.41, 5.74) is 12.3. The van der Waals surface area contributed by atoms with E-state index in [9.17, 15) is 8.42 Å². The van der Waals surface area contributed by atoms with Gasteiger partial charge in [0.15, 0.2) is 0 Å². The Labute approximate surface area is 122 Å². The van der Waals surface area contributed by atoms with Crippen LogP contribution in [-0.2, 0) is 10.1 Å². The van der Waals surface area contributed by atoms with Crippen LogP contribution in [0.5, 0.6) is 5.75 Å². The molecule has 0 atom stereocenters. The Morgan fingerprint density at radius 1 is 1.05 bits per heavy atom. The van der Waals surface area contributed by atoms with Gasteiger partial charge in [-0.15, -0.1) is 0 Å². The van der Waals surface area contributed by atoms with Crippen molar-refractivity contribution >= 4 is 33.1 Å². The summed E-state index contributed by atoms with van der Waals surface area (Å²) in [5, 5.41) is 0.504. The number of halogens is 1. The number of anilines is 2. The van der Waals surface area contributed by atoms with Gasteiger partial charge in [0.1, 0.15) is 10.6 Å². The Hall–Kier alpha value is -1.92. The van der Waals surface area contributed by atoms with Gasteiger partial charge in [-0.05, 0) is 48.9 Å². The van der Waals surface area contributed by atoms with Crippen LogP contribution in [0.25, 0.3) is 0 Å². The lowest BCUT2D eigenvalue weighted by Crippen LogP contribution is -2.11. The van der Waals surface area contributed by atoms with E-state index in [1.165, 1.54) is 24.3 Å². The molecule has 0 saturated carbocycles. The molecule has 0 aromatic heterocycles. The lowest BCUT2D eigenvalue weighted by Gasteiger charge is -2.10. The van der Waals surface area contributed by atoms with E-state index in [1.807, 2.05) is 0 Å². The molecule has 2 aromatic rings. The van der Waals surface area contributed by atoms with Gasteiger partial charge >= 0.3 is 10.1 Å². The number of hydrogen-bond acceptors (Lipinski definition) is 5. The molecule has 0 aliphatic carbocycles. The Morgan fingerprint density at radius 3 is 2.35 bits per heavy atom. The van der Waals surface area contributed by atoms with E-state index in [0.717, 1.165) is 0 Å². The van der Waals surface area contributed by atoms with Gasteiger partial charge in [-0.3, -0.25) is 0 Å². The zero-order chi connectivity index (χ0) is 14.9. The maximum atomic E-state index is 12.2. The van der Waals surface area contributed by atoms with Crippen LogP contribution in [0.4, 0.5) is 11.4 Å². The van der Waals surface area contributed by atoms with Crippen molar-refractivity contribution in [2.24, 2.45) is 0 Å². The van der Waals surface area contributed by atoms with Crippen molar-refractivity contribution in [3.05, 3.63) is 47.0 Å². The molecular formula is C13H13ClN2O3S. The van der Waals surface area contributed by atoms with Crippen LogP contribution in [0.3, 0.4) is 0 Å². The molecule has 7 heteroatoms. The van der Waals surface area contributed by atoms with Crippen LogP contribution in [0.1, 0.15) is 5.56 Å². The summed E-state index contributed by atoms with van der Waals surface area (Å²) in [6.45, 7) is 1.70. The van der Waals surface area contributed by atoms with Crippen LogP contribution in [0.2, 0.25) is 5.02 Å². The first-order chi connectivity index (χ1) is 9.29. The van der Waals surface area contributed by atoms with Crippen LogP contribution < -0.4 is 15.7 Å². The molecule has 20 heavy (non-hydrogen) atoms. The summed E-state index contributed by atoms with van der Waals surface area (Å²) in [4.78, 5) is -0.0569. The smallest absolute Gasteiger partial charge is 0.339 e. The molecule has 0 unspecified atom stereocenters. The molecule has 0 saturated heterocycles. The fourth-order valence-electron chi connectivity index (χ4n) is 1.58. The minimum Gasteiger partial charge on any atom is -0.397 e. The van der Waals surface area contributed by atoms with E-state index in [2.05, 4.69) is 0 Å². The Kier molecular flexibility index (Phi) is 3.78.